The first-order valence-electron chi connectivity index (χ1n) is 7.97. The Hall–Kier alpha value is -2.19. The van der Waals surface area contributed by atoms with Gasteiger partial charge >= 0.3 is 6.09 Å². The van der Waals surface area contributed by atoms with Gasteiger partial charge < -0.3 is 9.53 Å². The van der Waals surface area contributed by atoms with Crippen molar-refractivity contribution in [2.45, 2.75) is 45.3 Å². The molecule has 1 aromatic carbocycles. The van der Waals surface area contributed by atoms with E-state index in [1.54, 1.807) is 12.4 Å². The van der Waals surface area contributed by atoms with Crippen LogP contribution in [0.2, 0.25) is 5.04 Å². The molecule has 0 unspecified atom stereocenters. The Kier molecular flexibility index (Phi) is 5.33. The summed E-state index contributed by atoms with van der Waals surface area (Å²) in [5.74, 6) is -0.566. The molecule has 2 N–H and O–H groups in total. The number of hydrogen-bond acceptors (Lipinski definition) is 3. The van der Waals surface area contributed by atoms with Gasteiger partial charge in [-0.25, -0.2) is 13.9 Å². The summed E-state index contributed by atoms with van der Waals surface area (Å²) in [6, 6.07) is 4.09. The van der Waals surface area contributed by atoms with E-state index in [-0.39, 0.29) is 16.4 Å². The Balaban J connectivity index is 2.22. The fourth-order valence-corrected chi connectivity index (χ4v) is 3.10. The van der Waals surface area contributed by atoms with E-state index in [0.29, 0.717) is 0 Å². The normalized spacial score (nSPS) is 12.7. The molecule has 0 saturated carbocycles. The minimum atomic E-state index is -1.24. The molecule has 0 atom stereocenters. The van der Waals surface area contributed by atoms with Crippen LogP contribution in [0.5, 0.6) is 0 Å². The number of carboxylic acid groups (broad SMARTS) is 1. The number of carbonyl (C=O) groups is 1. The van der Waals surface area contributed by atoms with Gasteiger partial charge in [-0.3, -0.25) is 5.32 Å². The van der Waals surface area contributed by atoms with E-state index in [4.69, 9.17) is 9.53 Å². The average molecular weight is 365 g/mol. The Morgan fingerprint density at radius 2 is 2.00 bits per heavy atom. The first kappa shape index (κ1) is 19.1. The van der Waals surface area contributed by atoms with Gasteiger partial charge in [0.1, 0.15) is 5.69 Å². The molecule has 0 aliphatic heterocycles. The van der Waals surface area contributed by atoms with Crippen molar-refractivity contribution in [1.82, 2.24) is 9.78 Å². The van der Waals surface area contributed by atoms with Gasteiger partial charge in [0.05, 0.1) is 11.8 Å². The summed E-state index contributed by atoms with van der Waals surface area (Å²) in [7, 11) is -0.751. The van der Waals surface area contributed by atoms with Crippen LogP contribution in [0.1, 0.15) is 40.2 Å². The van der Waals surface area contributed by atoms with Crippen LogP contribution in [0.4, 0.5) is 14.9 Å². The highest BCUT2D eigenvalue weighted by atomic mass is 28.2. The van der Waals surface area contributed by atoms with Gasteiger partial charge in [0, 0.05) is 17.4 Å². The molecule has 25 heavy (non-hydrogen) atoms. The Morgan fingerprint density at radius 1 is 1.32 bits per heavy atom. The van der Waals surface area contributed by atoms with E-state index in [1.807, 2.05) is 13.8 Å². The van der Waals surface area contributed by atoms with E-state index in [0.717, 1.165) is 11.6 Å². The third-order valence-corrected chi connectivity index (χ3v) is 5.32. The Labute approximate surface area is 148 Å². The number of benzene rings is 1. The molecule has 0 bridgehead atoms. The molecule has 2 rings (SSSR count). The van der Waals surface area contributed by atoms with Gasteiger partial charge in [0.25, 0.3) is 0 Å². The number of nitrogens with zero attached hydrogens (tertiary/aromatic N) is 2. The number of amides is 1. The maximum atomic E-state index is 14.3. The SMILES string of the molecule is CC(C)(C)[SiH2]OC(C)(C)c1cnn(-c2ccc(NC(=O)O)cc2F)c1. The molecular weight excluding hydrogens is 341 g/mol. The molecule has 1 aromatic heterocycles. The molecule has 136 valence electrons. The third-order valence-electron chi connectivity index (χ3n) is 3.59. The summed E-state index contributed by atoms with van der Waals surface area (Å²) in [5.41, 5.74) is 0.766. The van der Waals surface area contributed by atoms with Crippen LogP contribution < -0.4 is 5.32 Å². The minimum Gasteiger partial charge on any atom is -0.465 e. The van der Waals surface area contributed by atoms with Crippen molar-refractivity contribution < 1.29 is 18.7 Å². The lowest BCUT2D eigenvalue weighted by molar-refractivity contribution is 0.109. The molecule has 0 fully saturated rings. The second-order valence-electron chi connectivity index (χ2n) is 7.63. The topological polar surface area (TPSA) is 76.4 Å². The van der Waals surface area contributed by atoms with Crippen LogP contribution >= 0.6 is 0 Å². The van der Waals surface area contributed by atoms with Crippen LogP contribution in [-0.4, -0.2) is 30.7 Å². The highest BCUT2D eigenvalue weighted by Crippen LogP contribution is 2.30. The number of aromatic nitrogens is 2. The van der Waals surface area contributed by atoms with E-state index in [2.05, 4.69) is 31.2 Å². The standard InChI is InChI=1S/C17H24FN3O3Si/c1-16(2,3)25-24-17(4,5)11-9-19-21(10-11)14-7-6-12(8-13(14)18)20-15(22)23/h6-10,20H,25H2,1-5H3,(H,22,23). The second kappa shape index (κ2) is 6.97. The number of hydrogen-bond donors (Lipinski definition) is 2. The van der Waals surface area contributed by atoms with Crippen molar-refractivity contribution in [3.8, 4) is 5.69 Å². The Morgan fingerprint density at radius 3 is 2.56 bits per heavy atom. The van der Waals surface area contributed by atoms with Gasteiger partial charge in [-0.05, 0) is 37.1 Å². The van der Waals surface area contributed by atoms with Gasteiger partial charge in [-0.2, -0.15) is 5.10 Å². The summed E-state index contributed by atoms with van der Waals surface area (Å²) < 4.78 is 21.8. The second-order valence-corrected chi connectivity index (χ2v) is 10.3. The zero-order chi connectivity index (χ0) is 18.8. The molecule has 8 heteroatoms. The summed E-state index contributed by atoms with van der Waals surface area (Å²) in [6.45, 7) is 10.4. The van der Waals surface area contributed by atoms with Crippen molar-refractivity contribution in [3.05, 3.63) is 42.0 Å². The lowest BCUT2D eigenvalue weighted by atomic mass is 10.0. The summed E-state index contributed by atoms with van der Waals surface area (Å²) in [4.78, 5) is 10.6. The van der Waals surface area contributed by atoms with E-state index < -0.39 is 27.3 Å². The van der Waals surface area contributed by atoms with Crippen LogP contribution in [0.15, 0.2) is 30.6 Å². The highest BCUT2D eigenvalue weighted by Gasteiger charge is 2.26. The highest BCUT2D eigenvalue weighted by molar-refractivity contribution is 6.31. The number of nitrogens with one attached hydrogen (secondary N) is 1. The smallest absolute Gasteiger partial charge is 0.409 e. The van der Waals surface area contributed by atoms with Gasteiger partial charge in [-0.1, -0.05) is 20.8 Å². The van der Waals surface area contributed by atoms with Gasteiger partial charge in [0.15, 0.2) is 15.6 Å². The molecule has 0 saturated heterocycles. The maximum Gasteiger partial charge on any atom is 0.409 e. The fourth-order valence-electron chi connectivity index (χ4n) is 2.14. The van der Waals surface area contributed by atoms with E-state index >= 15 is 0 Å². The molecule has 0 aliphatic rings. The van der Waals surface area contributed by atoms with Crippen LogP contribution in [0, 0.1) is 5.82 Å². The first-order chi connectivity index (χ1) is 11.5. The molecule has 0 spiro atoms. The zero-order valence-corrected chi connectivity index (χ0v) is 16.5. The third kappa shape index (κ3) is 5.14. The Bertz CT molecular complexity index is 769. The van der Waals surface area contributed by atoms with Crippen LogP contribution in [0.3, 0.4) is 0 Å². The molecule has 1 amide bonds. The molecule has 0 aliphatic carbocycles. The van der Waals surface area contributed by atoms with Gasteiger partial charge in [-0.15, -0.1) is 0 Å². The first-order valence-corrected chi connectivity index (χ1v) is 9.25. The van der Waals surface area contributed by atoms with Crippen molar-refractivity contribution in [2.24, 2.45) is 0 Å². The van der Waals surface area contributed by atoms with Crippen molar-refractivity contribution >= 4 is 21.5 Å². The lowest BCUT2D eigenvalue weighted by Gasteiger charge is -2.29. The number of anilines is 1. The average Bonchev–Trinajstić information content (AvgIpc) is 2.94. The minimum absolute atomic E-state index is 0.168. The molecule has 0 radical (unpaired) electrons. The van der Waals surface area contributed by atoms with E-state index in [9.17, 15) is 9.18 Å². The van der Waals surface area contributed by atoms with Crippen LogP contribution in [-0.2, 0) is 10.0 Å². The predicted octanol–water partition coefficient (Wildman–Crippen LogP) is 3.66. The maximum absolute atomic E-state index is 14.3. The summed E-state index contributed by atoms with van der Waals surface area (Å²) in [5, 5.41) is 15.2. The monoisotopic (exact) mass is 365 g/mol. The van der Waals surface area contributed by atoms with E-state index in [1.165, 1.54) is 16.8 Å². The van der Waals surface area contributed by atoms with Crippen molar-refractivity contribution in [1.29, 1.82) is 0 Å². The van der Waals surface area contributed by atoms with Crippen LogP contribution in [0.25, 0.3) is 5.69 Å². The molecule has 2 aromatic rings. The number of rotatable bonds is 5. The van der Waals surface area contributed by atoms with Crippen molar-refractivity contribution in [3.63, 3.8) is 0 Å². The summed E-state index contributed by atoms with van der Waals surface area (Å²) in [6.07, 6.45) is 2.16. The fraction of sp³-hybridized carbons (Fsp3) is 0.412. The van der Waals surface area contributed by atoms with Crippen molar-refractivity contribution in [2.75, 3.05) is 5.32 Å². The van der Waals surface area contributed by atoms with Gasteiger partial charge in [0.2, 0.25) is 0 Å². The largest absolute Gasteiger partial charge is 0.465 e. The number of halogens is 1. The molecule has 1 heterocycles. The lowest BCUT2D eigenvalue weighted by Crippen LogP contribution is -2.27. The summed E-state index contributed by atoms with van der Waals surface area (Å²) >= 11 is 0. The zero-order valence-electron chi connectivity index (χ0n) is 15.1. The quantitative estimate of drug-likeness (QED) is 0.793. The molecular formula is C17H24FN3O3Si. The molecule has 6 nitrogen and oxygen atoms in total. The predicted molar refractivity (Wildman–Crippen MR) is 97.5 cm³/mol.